The molecule has 114 valence electrons. The van der Waals surface area contributed by atoms with Crippen LogP contribution in [0.2, 0.25) is 0 Å². The molecule has 0 spiro atoms. The van der Waals surface area contributed by atoms with Crippen molar-refractivity contribution < 1.29 is 9.18 Å². The molecule has 0 heterocycles. The van der Waals surface area contributed by atoms with Gasteiger partial charge in [0.1, 0.15) is 5.82 Å². The molecule has 1 amide bonds. The normalized spacial score (nSPS) is 22.6. The summed E-state index contributed by atoms with van der Waals surface area (Å²) in [5.74, 6) is -0.327. The Morgan fingerprint density at radius 3 is 2.70 bits per heavy atom. The van der Waals surface area contributed by atoms with E-state index in [-0.39, 0.29) is 11.7 Å². The van der Waals surface area contributed by atoms with E-state index in [1.807, 2.05) is 18.2 Å². The van der Waals surface area contributed by atoms with E-state index in [1.54, 1.807) is 12.1 Å². The summed E-state index contributed by atoms with van der Waals surface area (Å²) in [6.45, 7) is 0. The zero-order chi connectivity index (χ0) is 15.6. The number of nitrogens with one attached hydrogen (secondary N) is 1. The van der Waals surface area contributed by atoms with Crippen molar-refractivity contribution in [1.82, 2.24) is 5.32 Å². The Bertz CT molecular complexity index is 881. The summed E-state index contributed by atoms with van der Waals surface area (Å²) in [6, 6.07) is 6.78. The predicted octanol–water partition coefficient (Wildman–Crippen LogP) is 3.83. The summed E-state index contributed by atoms with van der Waals surface area (Å²) in [5.41, 5.74) is 5.77. The molecule has 4 aliphatic carbocycles. The second kappa shape index (κ2) is 4.31. The van der Waals surface area contributed by atoms with Crippen LogP contribution in [-0.4, -0.2) is 5.91 Å². The van der Waals surface area contributed by atoms with Gasteiger partial charge in [0.05, 0.1) is 5.54 Å². The Morgan fingerprint density at radius 2 is 1.96 bits per heavy atom. The van der Waals surface area contributed by atoms with Crippen LogP contribution in [0.3, 0.4) is 0 Å². The van der Waals surface area contributed by atoms with Crippen LogP contribution in [0.4, 0.5) is 4.39 Å². The Balaban J connectivity index is 1.48. The average Bonchev–Trinajstić information content (AvgIpc) is 2.99. The van der Waals surface area contributed by atoms with Crippen molar-refractivity contribution >= 4 is 5.91 Å². The fourth-order valence-electron chi connectivity index (χ4n) is 3.96. The highest BCUT2D eigenvalue weighted by Crippen LogP contribution is 2.51. The van der Waals surface area contributed by atoms with E-state index in [9.17, 15) is 9.18 Å². The van der Waals surface area contributed by atoms with Crippen molar-refractivity contribution in [2.24, 2.45) is 0 Å². The van der Waals surface area contributed by atoms with Gasteiger partial charge < -0.3 is 5.32 Å². The molecule has 2 fully saturated rings. The van der Waals surface area contributed by atoms with Gasteiger partial charge in [0.2, 0.25) is 0 Å². The first-order valence-electron chi connectivity index (χ1n) is 8.12. The van der Waals surface area contributed by atoms with Crippen molar-refractivity contribution in [1.29, 1.82) is 0 Å². The quantitative estimate of drug-likeness (QED) is 0.903. The van der Waals surface area contributed by atoms with Crippen LogP contribution in [-0.2, 0) is 10.3 Å². The lowest BCUT2D eigenvalue weighted by molar-refractivity contribution is -0.120. The second-order valence-electron chi connectivity index (χ2n) is 6.77. The van der Waals surface area contributed by atoms with Crippen molar-refractivity contribution in [3.05, 3.63) is 81.7 Å². The van der Waals surface area contributed by atoms with Crippen molar-refractivity contribution in [2.75, 3.05) is 0 Å². The molecule has 0 aliphatic heterocycles. The first kappa shape index (κ1) is 13.1. The number of fused-ring (bicyclic) bond motifs is 2. The molecule has 1 N–H and O–H groups in total. The Hall–Kier alpha value is -2.42. The summed E-state index contributed by atoms with van der Waals surface area (Å²) in [5, 5.41) is 3.13. The van der Waals surface area contributed by atoms with Gasteiger partial charge in [0.15, 0.2) is 0 Å². The van der Waals surface area contributed by atoms with Crippen LogP contribution >= 0.6 is 0 Å². The van der Waals surface area contributed by atoms with Crippen LogP contribution in [0.5, 0.6) is 0 Å². The minimum absolute atomic E-state index is 0.0899. The highest BCUT2D eigenvalue weighted by atomic mass is 19.1. The fraction of sp³-hybridized carbons (Fsp3) is 0.250. The maximum Gasteiger partial charge on any atom is 0.252 e. The van der Waals surface area contributed by atoms with Crippen LogP contribution in [0.15, 0.2) is 70.4 Å². The number of carbonyl (C=O) groups excluding carboxylic acids is 1. The number of hydrogen-bond acceptors (Lipinski definition) is 1. The molecule has 4 aliphatic rings. The van der Waals surface area contributed by atoms with Crippen molar-refractivity contribution in [3.8, 4) is 0 Å². The molecule has 2 nitrogen and oxygen atoms in total. The molecule has 0 radical (unpaired) electrons. The summed E-state index contributed by atoms with van der Waals surface area (Å²) < 4.78 is 14.2. The van der Waals surface area contributed by atoms with Crippen LogP contribution < -0.4 is 5.32 Å². The van der Waals surface area contributed by atoms with E-state index in [0.29, 0.717) is 5.56 Å². The van der Waals surface area contributed by atoms with E-state index in [2.05, 4.69) is 11.4 Å². The van der Waals surface area contributed by atoms with Crippen molar-refractivity contribution in [3.63, 3.8) is 0 Å². The fourth-order valence-corrected chi connectivity index (χ4v) is 3.96. The Labute approximate surface area is 134 Å². The molecule has 3 heteroatoms. The first-order chi connectivity index (χ1) is 11.2. The largest absolute Gasteiger partial charge is 0.342 e. The smallest absolute Gasteiger partial charge is 0.252 e. The van der Waals surface area contributed by atoms with Crippen LogP contribution in [0.25, 0.3) is 0 Å². The van der Waals surface area contributed by atoms with E-state index in [1.165, 1.54) is 22.8 Å². The maximum atomic E-state index is 14.2. The van der Waals surface area contributed by atoms with Gasteiger partial charge in [-0.25, -0.2) is 4.39 Å². The van der Waals surface area contributed by atoms with Gasteiger partial charge in [0, 0.05) is 11.1 Å². The molecule has 1 aromatic rings. The highest BCUT2D eigenvalue weighted by Gasteiger charge is 2.43. The molecule has 0 saturated heterocycles. The molecule has 1 aromatic carbocycles. The molecular formula is C20H16FNO. The minimum Gasteiger partial charge on any atom is -0.342 e. The zero-order valence-electron chi connectivity index (χ0n) is 12.7. The number of carbonyl (C=O) groups is 1. The summed E-state index contributed by atoms with van der Waals surface area (Å²) >= 11 is 0. The van der Waals surface area contributed by atoms with Gasteiger partial charge in [-0.05, 0) is 66.2 Å². The third-order valence-corrected chi connectivity index (χ3v) is 5.46. The third kappa shape index (κ3) is 1.76. The monoisotopic (exact) mass is 305 g/mol. The van der Waals surface area contributed by atoms with E-state index in [4.69, 9.17) is 0 Å². The van der Waals surface area contributed by atoms with Gasteiger partial charge in [-0.2, -0.15) is 0 Å². The third-order valence-electron chi connectivity index (χ3n) is 5.46. The highest BCUT2D eigenvalue weighted by molar-refractivity contribution is 6.02. The molecule has 2 saturated carbocycles. The number of amides is 1. The summed E-state index contributed by atoms with van der Waals surface area (Å²) in [4.78, 5) is 12.8. The van der Waals surface area contributed by atoms with Crippen LogP contribution in [0.1, 0.15) is 31.2 Å². The maximum absolute atomic E-state index is 14.2. The Morgan fingerprint density at radius 1 is 1.13 bits per heavy atom. The number of allylic oxidation sites excluding steroid dienone is 6. The lowest BCUT2D eigenvalue weighted by Crippen LogP contribution is -2.51. The average molecular weight is 305 g/mol. The molecule has 23 heavy (non-hydrogen) atoms. The van der Waals surface area contributed by atoms with Crippen molar-refractivity contribution in [2.45, 2.75) is 31.2 Å². The molecule has 0 aromatic heterocycles. The zero-order valence-corrected chi connectivity index (χ0v) is 12.7. The van der Waals surface area contributed by atoms with Crippen LogP contribution in [0, 0.1) is 5.82 Å². The van der Waals surface area contributed by atoms with Gasteiger partial charge >= 0.3 is 0 Å². The topological polar surface area (TPSA) is 29.1 Å². The number of benzene rings is 1. The summed E-state index contributed by atoms with van der Waals surface area (Å²) in [6.07, 6.45) is 9.71. The second-order valence-corrected chi connectivity index (χ2v) is 6.77. The summed E-state index contributed by atoms with van der Waals surface area (Å²) in [7, 11) is 0. The minimum atomic E-state index is -0.547. The van der Waals surface area contributed by atoms with E-state index in [0.717, 1.165) is 36.8 Å². The van der Waals surface area contributed by atoms with Gasteiger partial charge in [0.25, 0.3) is 5.91 Å². The number of halogens is 1. The lowest BCUT2D eigenvalue weighted by Gasteiger charge is -2.43. The molecular weight excluding hydrogens is 289 g/mol. The van der Waals surface area contributed by atoms with E-state index >= 15 is 0 Å². The Kier molecular flexibility index (Phi) is 2.45. The molecule has 0 unspecified atom stereocenters. The molecule has 0 bridgehead atoms. The SMILES string of the molecule is O=C(NC1(c2ccccc2F)CCC1)C1=C2C=C3CC3=C2C=C1. The predicted molar refractivity (Wildman–Crippen MR) is 86.0 cm³/mol. The molecule has 0 atom stereocenters. The van der Waals surface area contributed by atoms with E-state index < -0.39 is 5.54 Å². The van der Waals surface area contributed by atoms with Gasteiger partial charge in [-0.3, -0.25) is 4.79 Å². The standard InChI is InChI=1S/C20H16FNO/c21-18-5-2-1-4-17(18)20(8-3-9-20)22-19(23)14-7-6-13-15-10-12(15)11-16(13)14/h1-2,4-7,11H,3,8-10H2,(H,22,23). The number of hydrogen-bond donors (Lipinski definition) is 1. The molecule has 5 rings (SSSR count). The first-order valence-corrected chi connectivity index (χ1v) is 8.12. The number of rotatable bonds is 3. The van der Waals surface area contributed by atoms with Gasteiger partial charge in [-0.1, -0.05) is 24.3 Å². The lowest BCUT2D eigenvalue weighted by atomic mass is 9.71. The van der Waals surface area contributed by atoms with Gasteiger partial charge in [-0.15, -0.1) is 0 Å².